The number of hydrogen-bond donors (Lipinski definition) is 2. The second-order valence-corrected chi connectivity index (χ2v) is 7.68. The van der Waals surface area contributed by atoms with Gasteiger partial charge in [0.05, 0.1) is 6.54 Å². The molecule has 3 heterocycles. The van der Waals surface area contributed by atoms with Gasteiger partial charge in [-0.25, -0.2) is 4.98 Å². The van der Waals surface area contributed by atoms with E-state index in [4.69, 9.17) is 0 Å². The van der Waals surface area contributed by atoms with Crippen LogP contribution >= 0.6 is 11.3 Å². The smallest absolute Gasteiger partial charge is 0.235 e. The lowest BCUT2D eigenvalue weighted by Crippen LogP contribution is -2.49. The maximum atomic E-state index is 13.0. The number of nitrogens with one attached hydrogen (secondary N) is 2. The van der Waals surface area contributed by atoms with E-state index in [1.54, 1.807) is 23.7 Å². The summed E-state index contributed by atoms with van der Waals surface area (Å²) in [6.07, 6.45) is 5.43. The number of benzene rings is 1. The molecule has 2 aromatic heterocycles. The predicted octanol–water partition coefficient (Wildman–Crippen LogP) is 2.39. The molecule has 1 aromatic carbocycles. The highest BCUT2D eigenvalue weighted by Gasteiger charge is 2.27. The summed E-state index contributed by atoms with van der Waals surface area (Å²) in [6.45, 7) is 2.85. The lowest BCUT2D eigenvalue weighted by atomic mass is 10.0. The average Bonchev–Trinajstić information content (AvgIpc) is 3.28. The molecule has 1 amide bonds. The van der Waals surface area contributed by atoms with Crippen LogP contribution in [0.25, 0.3) is 0 Å². The van der Waals surface area contributed by atoms with Crippen LogP contribution in [0, 0.1) is 0 Å². The molecule has 144 valence electrons. The molecular formula is C21H23N5OS. The number of amides is 1. The van der Waals surface area contributed by atoms with Gasteiger partial charge in [0.2, 0.25) is 5.91 Å². The highest BCUT2D eigenvalue weighted by atomic mass is 32.1. The highest BCUT2D eigenvalue weighted by Crippen LogP contribution is 2.25. The molecule has 2 N–H and O–H groups in total. The van der Waals surface area contributed by atoms with Crippen molar-refractivity contribution in [3.8, 4) is 0 Å². The fraction of sp³-hybridized carbons (Fsp3) is 0.286. The largest absolute Gasteiger partial charge is 0.342 e. The summed E-state index contributed by atoms with van der Waals surface area (Å²) in [5.41, 5.74) is 2.16. The molecule has 6 nitrogen and oxygen atoms in total. The number of rotatable bonds is 6. The zero-order valence-corrected chi connectivity index (χ0v) is 16.3. The minimum absolute atomic E-state index is 0.000145. The first-order chi connectivity index (χ1) is 13.8. The number of hydrogen-bond acceptors (Lipinski definition) is 6. The van der Waals surface area contributed by atoms with Crippen LogP contribution in [0.3, 0.4) is 0 Å². The van der Waals surface area contributed by atoms with Gasteiger partial charge in [0.25, 0.3) is 0 Å². The minimum Gasteiger partial charge on any atom is -0.342 e. The Morgan fingerprint density at radius 3 is 2.89 bits per heavy atom. The molecule has 7 heteroatoms. The zero-order chi connectivity index (χ0) is 19.2. The fourth-order valence-electron chi connectivity index (χ4n) is 3.54. The summed E-state index contributed by atoms with van der Waals surface area (Å²) >= 11 is 1.55. The number of aromatic nitrogens is 2. The van der Waals surface area contributed by atoms with Gasteiger partial charge in [-0.05, 0) is 17.2 Å². The summed E-state index contributed by atoms with van der Waals surface area (Å²) < 4.78 is 0. The van der Waals surface area contributed by atoms with Crippen molar-refractivity contribution in [2.24, 2.45) is 0 Å². The molecule has 0 bridgehead atoms. The summed E-state index contributed by atoms with van der Waals surface area (Å²) in [7, 11) is 0. The van der Waals surface area contributed by atoms with Gasteiger partial charge in [-0.3, -0.25) is 14.7 Å². The van der Waals surface area contributed by atoms with E-state index in [1.165, 1.54) is 0 Å². The monoisotopic (exact) mass is 393 g/mol. The van der Waals surface area contributed by atoms with Crippen molar-refractivity contribution in [2.75, 3.05) is 26.2 Å². The molecule has 0 radical (unpaired) electrons. The van der Waals surface area contributed by atoms with Crippen molar-refractivity contribution < 1.29 is 4.79 Å². The van der Waals surface area contributed by atoms with Crippen LogP contribution in [0.4, 0.5) is 0 Å². The van der Waals surface area contributed by atoms with Gasteiger partial charge in [-0.15, -0.1) is 11.3 Å². The lowest BCUT2D eigenvalue weighted by Gasteiger charge is -2.36. The summed E-state index contributed by atoms with van der Waals surface area (Å²) in [5.74, 6) is -0.000145. The fourth-order valence-corrected chi connectivity index (χ4v) is 4.25. The molecule has 0 spiro atoms. The van der Waals surface area contributed by atoms with Crippen LogP contribution in [0.2, 0.25) is 0 Å². The molecular weight excluding hydrogens is 370 g/mol. The van der Waals surface area contributed by atoms with Gasteiger partial charge < -0.3 is 10.6 Å². The summed E-state index contributed by atoms with van der Waals surface area (Å²) in [4.78, 5) is 23.8. The van der Waals surface area contributed by atoms with E-state index in [0.29, 0.717) is 6.54 Å². The number of pyridine rings is 1. The molecule has 4 rings (SSSR count). The maximum Gasteiger partial charge on any atom is 0.235 e. The van der Waals surface area contributed by atoms with Crippen LogP contribution in [-0.2, 0) is 4.79 Å². The number of carbonyl (C=O) groups excluding carboxylic acids is 1. The molecule has 0 saturated carbocycles. The SMILES string of the molecule is O=C(CN1CCNCC1c1cccnc1)NC(c1ccccc1)c1nccs1. The molecule has 1 aliphatic heterocycles. The Kier molecular flexibility index (Phi) is 6.06. The van der Waals surface area contributed by atoms with Crippen molar-refractivity contribution in [1.82, 2.24) is 25.5 Å². The van der Waals surface area contributed by atoms with Crippen LogP contribution in [0.5, 0.6) is 0 Å². The first kappa shape index (κ1) is 18.7. The Hall–Kier alpha value is -2.61. The Morgan fingerprint density at radius 1 is 1.25 bits per heavy atom. The molecule has 1 aliphatic rings. The van der Waals surface area contributed by atoms with E-state index in [1.807, 2.05) is 48.0 Å². The van der Waals surface area contributed by atoms with Gasteiger partial charge in [0.1, 0.15) is 11.0 Å². The van der Waals surface area contributed by atoms with E-state index < -0.39 is 0 Å². The van der Waals surface area contributed by atoms with Crippen molar-refractivity contribution in [1.29, 1.82) is 0 Å². The molecule has 1 saturated heterocycles. The van der Waals surface area contributed by atoms with E-state index >= 15 is 0 Å². The summed E-state index contributed by atoms with van der Waals surface area (Å²) in [5, 5.41) is 9.43. The second-order valence-electron chi connectivity index (χ2n) is 6.76. The van der Waals surface area contributed by atoms with Gasteiger partial charge in [-0.1, -0.05) is 36.4 Å². The van der Waals surface area contributed by atoms with Crippen molar-refractivity contribution in [3.63, 3.8) is 0 Å². The topological polar surface area (TPSA) is 70.2 Å². The van der Waals surface area contributed by atoms with Crippen molar-refractivity contribution in [2.45, 2.75) is 12.1 Å². The normalized spacial score (nSPS) is 18.5. The molecule has 2 atom stereocenters. The van der Waals surface area contributed by atoms with Gasteiger partial charge >= 0.3 is 0 Å². The van der Waals surface area contributed by atoms with E-state index in [9.17, 15) is 4.79 Å². The molecule has 28 heavy (non-hydrogen) atoms. The third kappa shape index (κ3) is 4.44. The van der Waals surface area contributed by atoms with Crippen LogP contribution < -0.4 is 10.6 Å². The van der Waals surface area contributed by atoms with Gasteiger partial charge in [0, 0.05) is 49.6 Å². The highest BCUT2D eigenvalue weighted by molar-refractivity contribution is 7.09. The van der Waals surface area contributed by atoms with E-state index in [2.05, 4.69) is 31.6 Å². The molecule has 3 aromatic rings. The first-order valence-electron chi connectivity index (χ1n) is 9.39. The van der Waals surface area contributed by atoms with Crippen molar-refractivity contribution >= 4 is 17.2 Å². The number of carbonyl (C=O) groups is 1. The number of nitrogens with zero attached hydrogens (tertiary/aromatic N) is 3. The van der Waals surface area contributed by atoms with Crippen LogP contribution in [-0.4, -0.2) is 47.0 Å². The van der Waals surface area contributed by atoms with Crippen LogP contribution in [0.1, 0.15) is 28.2 Å². The van der Waals surface area contributed by atoms with Gasteiger partial charge in [-0.2, -0.15) is 0 Å². The maximum absolute atomic E-state index is 13.0. The Labute approximate surface area is 168 Å². The second kappa shape index (κ2) is 9.05. The van der Waals surface area contributed by atoms with E-state index in [-0.39, 0.29) is 18.0 Å². The van der Waals surface area contributed by atoms with Crippen molar-refractivity contribution in [3.05, 3.63) is 82.6 Å². The summed E-state index contributed by atoms with van der Waals surface area (Å²) in [6, 6.07) is 13.9. The number of piperazine rings is 1. The molecule has 2 unspecified atom stereocenters. The Balaban J connectivity index is 1.48. The van der Waals surface area contributed by atoms with Crippen LogP contribution in [0.15, 0.2) is 66.4 Å². The predicted molar refractivity (Wildman–Crippen MR) is 110 cm³/mol. The third-order valence-electron chi connectivity index (χ3n) is 4.91. The molecule has 1 fully saturated rings. The van der Waals surface area contributed by atoms with E-state index in [0.717, 1.165) is 35.8 Å². The first-order valence-corrected chi connectivity index (χ1v) is 10.3. The minimum atomic E-state index is -0.228. The lowest BCUT2D eigenvalue weighted by molar-refractivity contribution is -0.123. The Bertz CT molecular complexity index is 872. The average molecular weight is 394 g/mol. The van der Waals surface area contributed by atoms with Gasteiger partial charge in [0.15, 0.2) is 0 Å². The quantitative estimate of drug-likeness (QED) is 0.673. The zero-order valence-electron chi connectivity index (χ0n) is 15.5. The standard InChI is InChI=1S/C21H23N5OS/c27-19(15-26-11-9-23-14-18(26)17-7-4-8-22-13-17)25-20(21-24-10-12-28-21)16-5-2-1-3-6-16/h1-8,10,12-13,18,20,23H,9,11,14-15H2,(H,25,27). The Morgan fingerprint density at radius 2 is 2.14 bits per heavy atom. The number of thiazole rings is 1. The molecule has 0 aliphatic carbocycles. The third-order valence-corrected chi connectivity index (χ3v) is 5.75.